The van der Waals surface area contributed by atoms with Gasteiger partial charge in [0.05, 0.1) is 38.6 Å². The van der Waals surface area contributed by atoms with Crippen LogP contribution in [-0.4, -0.2) is 99.7 Å². The van der Waals surface area contributed by atoms with Crippen molar-refractivity contribution in [1.29, 1.82) is 0 Å². The van der Waals surface area contributed by atoms with Crippen LogP contribution in [0.25, 0.3) is 44.2 Å². The third-order valence-corrected chi connectivity index (χ3v) is 11.7. The Morgan fingerprint density at radius 1 is 0.845 bits per heavy atom. The summed E-state index contributed by atoms with van der Waals surface area (Å²) in [6, 6.07) is 14.8. The van der Waals surface area contributed by atoms with Gasteiger partial charge in [0.25, 0.3) is 0 Å². The highest BCUT2D eigenvalue weighted by atomic mass is 16.5. The number of H-pyrrole nitrogens is 2. The summed E-state index contributed by atoms with van der Waals surface area (Å²) in [5.74, 6) is 1.76. The Balaban J connectivity index is 1.04. The number of nitrogens with zero attached hydrogens (tertiary/aromatic N) is 4. The fourth-order valence-corrected chi connectivity index (χ4v) is 8.61. The molecule has 4 amide bonds. The maximum atomic E-state index is 13.8. The van der Waals surface area contributed by atoms with Crippen molar-refractivity contribution in [3.63, 3.8) is 0 Å². The number of nitrogens with one attached hydrogen (secondary N) is 4. The van der Waals surface area contributed by atoms with Crippen LogP contribution in [0.1, 0.15) is 82.5 Å². The number of imidazole rings is 2. The van der Waals surface area contributed by atoms with Gasteiger partial charge >= 0.3 is 12.2 Å². The van der Waals surface area contributed by atoms with Gasteiger partial charge in [-0.2, -0.15) is 0 Å². The molecule has 0 aliphatic carbocycles. The first-order chi connectivity index (χ1) is 28.1. The van der Waals surface area contributed by atoms with E-state index in [1.807, 2.05) is 42.0 Å². The molecule has 58 heavy (non-hydrogen) atoms. The van der Waals surface area contributed by atoms with Crippen LogP contribution in [0, 0.1) is 5.92 Å². The van der Waals surface area contributed by atoms with Crippen molar-refractivity contribution in [3.05, 3.63) is 66.4 Å². The summed E-state index contributed by atoms with van der Waals surface area (Å²) >= 11 is 0. The Kier molecular flexibility index (Phi) is 10.9. The Morgan fingerprint density at radius 2 is 1.59 bits per heavy atom. The molecule has 0 unspecified atom stereocenters. The number of likely N-dealkylation sites (tertiary alicyclic amines) is 1. The average Bonchev–Trinajstić information content (AvgIpc) is 4.07. The molecule has 2 saturated heterocycles. The number of alkyl carbamates (subject to hydrolysis) is 2. The minimum Gasteiger partial charge on any atom is -0.491 e. The summed E-state index contributed by atoms with van der Waals surface area (Å²) in [4.78, 5) is 72.1. The number of amides is 4. The lowest BCUT2D eigenvalue weighted by molar-refractivity contribution is -0.135. The van der Waals surface area contributed by atoms with Crippen molar-refractivity contribution in [2.75, 3.05) is 33.9 Å². The number of methoxy groups -OCH3 is 2. The van der Waals surface area contributed by atoms with Gasteiger partial charge in [-0.3, -0.25) is 9.59 Å². The van der Waals surface area contributed by atoms with E-state index < -0.39 is 24.3 Å². The first-order valence-corrected chi connectivity index (χ1v) is 20.2. The van der Waals surface area contributed by atoms with Gasteiger partial charge in [-0.05, 0) is 79.5 Å². The van der Waals surface area contributed by atoms with Crippen molar-refractivity contribution in [3.8, 4) is 28.1 Å². The summed E-state index contributed by atoms with van der Waals surface area (Å²) in [7, 11) is 2.59. The molecule has 15 nitrogen and oxygen atoms in total. The van der Waals surface area contributed by atoms with Crippen molar-refractivity contribution in [1.82, 2.24) is 40.4 Å². The topological polar surface area (TPSA) is 184 Å². The monoisotopic (exact) mass is 790 g/mol. The molecule has 15 heteroatoms. The van der Waals surface area contributed by atoms with E-state index in [2.05, 4.69) is 57.0 Å². The minimum absolute atomic E-state index is 0.112. The van der Waals surface area contributed by atoms with E-state index in [4.69, 9.17) is 24.2 Å². The third-order valence-electron chi connectivity index (χ3n) is 11.7. The molecule has 3 aliphatic rings. The van der Waals surface area contributed by atoms with Crippen LogP contribution in [0.3, 0.4) is 0 Å². The average molecular weight is 791 g/mol. The fraction of sp³-hybridized carbons (Fsp3) is 0.442. The van der Waals surface area contributed by atoms with Gasteiger partial charge in [0, 0.05) is 30.2 Å². The summed E-state index contributed by atoms with van der Waals surface area (Å²) in [5, 5.41) is 7.42. The second-order valence-electron chi connectivity index (χ2n) is 15.7. The van der Waals surface area contributed by atoms with Crippen molar-refractivity contribution in [2.24, 2.45) is 5.92 Å². The van der Waals surface area contributed by atoms with Crippen LogP contribution in [-0.2, 0) is 19.1 Å². The largest absolute Gasteiger partial charge is 0.491 e. The van der Waals surface area contributed by atoms with E-state index in [-0.39, 0.29) is 29.8 Å². The van der Waals surface area contributed by atoms with Crippen LogP contribution < -0.4 is 15.4 Å². The van der Waals surface area contributed by atoms with Gasteiger partial charge in [0.2, 0.25) is 11.8 Å². The molecule has 2 bridgehead atoms. The number of ether oxygens (including phenoxy) is 3. The van der Waals surface area contributed by atoms with Gasteiger partial charge in [-0.1, -0.05) is 50.2 Å². The van der Waals surface area contributed by atoms with Crippen molar-refractivity contribution >= 4 is 45.8 Å². The van der Waals surface area contributed by atoms with Crippen molar-refractivity contribution in [2.45, 2.75) is 83.0 Å². The lowest BCUT2D eigenvalue weighted by atomic mass is 9.99. The van der Waals surface area contributed by atoms with E-state index in [0.717, 1.165) is 75.7 Å². The van der Waals surface area contributed by atoms with Crippen molar-refractivity contribution < 1.29 is 33.4 Å². The smallest absolute Gasteiger partial charge is 0.407 e. The summed E-state index contributed by atoms with van der Waals surface area (Å²) in [5.41, 5.74) is 5.40. The maximum Gasteiger partial charge on any atom is 0.407 e. The number of aromatic amines is 2. The second-order valence-corrected chi connectivity index (χ2v) is 15.7. The predicted octanol–water partition coefficient (Wildman–Crippen LogP) is 6.77. The molecule has 3 aliphatic heterocycles. The highest BCUT2D eigenvalue weighted by Gasteiger charge is 2.39. The number of hydrogen-bond acceptors (Lipinski definition) is 9. The van der Waals surface area contributed by atoms with Crippen LogP contribution in [0.5, 0.6) is 5.75 Å². The number of aromatic nitrogens is 4. The summed E-state index contributed by atoms with van der Waals surface area (Å²) < 4.78 is 16.0. The van der Waals surface area contributed by atoms with E-state index in [9.17, 15) is 19.2 Å². The molecule has 5 heterocycles. The molecule has 0 spiro atoms. The second kappa shape index (κ2) is 16.4. The minimum atomic E-state index is -0.696. The number of carbonyl (C=O) groups excluding carboxylic acids is 4. The molecule has 304 valence electrons. The molecular weight excluding hydrogens is 741 g/mol. The zero-order valence-corrected chi connectivity index (χ0v) is 33.3. The zero-order valence-electron chi connectivity index (χ0n) is 33.3. The van der Waals surface area contributed by atoms with Crippen LogP contribution in [0.4, 0.5) is 9.59 Å². The van der Waals surface area contributed by atoms with E-state index >= 15 is 0 Å². The highest BCUT2D eigenvalue weighted by Crippen LogP contribution is 2.39. The van der Waals surface area contributed by atoms with E-state index in [0.29, 0.717) is 50.5 Å². The van der Waals surface area contributed by atoms with Crippen LogP contribution in [0.15, 0.2) is 54.7 Å². The lowest BCUT2D eigenvalue weighted by Crippen LogP contribution is -2.51. The third kappa shape index (κ3) is 7.52. The molecule has 2 aromatic heterocycles. The first kappa shape index (κ1) is 38.7. The summed E-state index contributed by atoms with van der Waals surface area (Å²) in [6.07, 6.45) is 5.71. The number of hydrogen-bond donors (Lipinski definition) is 4. The van der Waals surface area contributed by atoms with Gasteiger partial charge in [0.15, 0.2) is 0 Å². The Hall–Kier alpha value is -6.12. The van der Waals surface area contributed by atoms with Gasteiger partial charge < -0.3 is 44.6 Å². The van der Waals surface area contributed by atoms with Gasteiger partial charge in [0.1, 0.15) is 40.5 Å². The Bertz CT molecular complexity index is 2340. The van der Waals surface area contributed by atoms with Gasteiger partial charge in [-0.25, -0.2) is 19.6 Å². The predicted molar refractivity (Wildman–Crippen MR) is 217 cm³/mol. The zero-order chi connectivity index (χ0) is 40.5. The molecule has 4 atom stereocenters. The molecular formula is C43H50N8O7. The molecule has 3 aromatic carbocycles. The summed E-state index contributed by atoms with van der Waals surface area (Å²) in [6.45, 7) is 5.42. The van der Waals surface area contributed by atoms with E-state index in [1.165, 1.54) is 14.2 Å². The number of rotatable bonds is 7. The Morgan fingerprint density at radius 3 is 2.36 bits per heavy atom. The maximum absolute atomic E-state index is 13.8. The van der Waals surface area contributed by atoms with Crippen LogP contribution in [0.2, 0.25) is 0 Å². The van der Waals surface area contributed by atoms with Gasteiger partial charge in [-0.15, -0.1) is 0 Å². The number of carbonyl (C=O) groups is 4. The highest BCUT2D eigenvalue weighted by molar-refractivity contribution is 6.08. The normalized spacial score (nSPS) is 20.3. The SMILES string of the molecule is COC(=O)N[C@H]1CCCCOc2cc3cc(-c4ccc(-c5c[nH]c([C@@H]6CCCN6C(=O)[C@@H](NC(=O)OC)C(C)C)n5)cc4)ccc3c3nc([nH]c23)[C@@H]2CCCN2C1=O. The lowest BCUT2D eigenvalue weighted by Gasteiger charge is -2.29. The molecule has 0 radical (unpaired) electrons. The number of fused-ring (bicyclic) bond motifs is 5. The molecule has 2 fully saturated rings. The standard InChI is InChI=1S/C43H50N8O7/c1-24(2)35(49-43(55)57-4)41(53)51-19-7-10-32(51)38-44-23-31(45-38)26-14-12-25(13-15-26)27-16-17-29-28(21-27)22-34-37-36(29)47-39(48-37)33-11-8-18-50(33)40(52)30(46-42(54)56-3)9-5-6-20-58-34/h12-17,21-24,30,32-33,35H,5-11,18-20H2,1-4H3,(H,44,45)(H,46,54)(H,47,48)(H,49,55)/t30-,32-,33-,35-/m0/s1. The molecule has 8 rings (SSSR count). The molecule has 5 aromatic rings. The number of benzene rings is 3. The van der Waals surface area contributed by atoms with E-state index in [1.54, 1.807) is 0 Å². The quantitative estimate of drug-likeness (QED) is 0.138. The molecule has 0 saturated carbocycles. The first-order valence-electron chi connectivity index (χ1n) is 20.2. The fourth-order valence-electron chi connectivity index (χ4n) is 8.61. The molecule has 4 N–H and O–H groups in total. The Labute approximate surface area is 336 Å². The van der Waals surface area contributed by atoms with Crippen LogP contribution >= 0.6 is 0 Å².